The van der Waals surface area contributed by atoms with Gasteiger partial charge < -0.3 is 23.7 Å². The number of nitrogens with zero attached hydrogens (tertiary/aromatic N) is 2. The number of carboxylic acid groups (broad SMARTS) is 1. The number of aliphatic carboxylic acids is 1. The molecule has 0 saturated carbocycles. The lowest BCUT2D eigenvalue weighted by atomic mass is 10.2. The van der Waals surface area contributed by atoms with Crippen LogP contribution in [0.15, 0.2) is 73.6 Å². The van der Waals surface area contributed by atoms with E-state index in [1.54, 1.807) is 48.5 Å². The molecule has 0 unspecified atom stereocenters. The van der Waals surface area contributed by atoms with E-state index >= 15 is 0 Å². The standard InChI is InChI=1S/C26H19BrClFN2O6S/c1-34-20-8-7-16(28)12-17(20)24-30-31-26(37-24)38-22(25(32)33)11-14-9-18(27)23(21(10-14)35-2)36-13-15-5-3-4-6-19(15)29/h3-12H,13H2,1-2H3,(H,32,33)/b22-11-. The molecule has 0 atom stereocenters. The number of methoxy groups -OCH3 is 2. The molecule has 1 aromatic heterocycles. The summed E-state index contributed by atoms with van der Waals surface area (Å²) in [6.07, 6.45) is 1.42. The lowest BCUT2D eigenvalue weighted by Gasteiger charge is -2.14. The van der Waals surface area contributed by atoms with E-state index in [1.165, 1.54) is 26.4 Å². The van der Waals surface area contributed by atoms with Gasteiger partial charge in [-0.2, -0.15) is 0 Å². The van der Waals surface area contributed by atoms with Crippen LogP contribution < -0.4 is 14.2 Å². The summed E-state index contributed by atoms with van der Waals surface area (Å²) in [5, 5.41) is 18.2. The van der Waals surface area contributed by atoms with Crippen LogP contribution in [0.5, 0.6) is 17.2 Å². The van der Waals surface area contributed by atoms with Gasteiger partial charge in [-0.3, -0.25) is 0 Å². The van der Waals surface area contributed by atoms with Crippen molar-refractivity contribution in [1.29, 1.82) is 0 Å². The molecule has 8 nitrogen and oxygen atoms in total. The van der Waals surface area contributed by atoms with Gasteiger partial charge in [0, 0.05) is 10.6 Å². The fraction of sp³-hybridized carbons (Fsp3) is 0.115. The van der Waals surface area contributed by atoms with Crippen LogP contribution in [0.3, 0.4) is 0 Å². The zero-order valence-electron chi connectivity index (χ0n) is 19.9. The second-order valence-corrected chi connectivity index (χ2v) is 9.83. The number of hydrogen-bond acceptors (Lipinski definition) is 8. The zero-order valence-corrected chi connectivity index (χ0v) is 23.1. The summed E-state index contributed by atoms with van der Waals surface area (Å²) in [6.45, 7) is -0.0239. The third-order valence-corrected chi connectivity index (χ3v) is 6.76. The summed E-state index contributed by atoms with van der Waals surface area (Å²) in [5.41, 5.74) is 1.34. The molecule has 0 aliphatic heterocycles. The highest BCUT2D eigenvalue weighted by molar-refractivity contribution is 9.10. The summed E-state index contributed by atoms with van der Waals surface area (Å²) >= 11 is 10.3. The highest BCUT2D eigenvalue weighted by Crippen LogP contribution is 2.39. The summed E-state index contributed by atoms with van der Waals surface area (Å²) in [7, 11) is 2.94. The number of aromatic nitrogens is 2. The predicted molar refractivity (Wildman–Crippen MR) is 144 cm³/mol. The Morgan fingerprint density at radius 2 is 1.89 bits per heavy atom. The Morgan fingerprint density at radius 3 is 2.61 bits per heavy atom. The number of carboxylic acids is 1. The first-order valence-electron chi connectivity index (χ1n) is 10.8. The summed E-state index contributed by atoms with van der Waals surface area (Å²) in [5.74, 6) is -0.331. The van der Waals surface area contributed by atoms with Gasteiger partial charge in [0.1, 0.15) is 23.1 Å². The molecule has 0 amide bonds. The molecule has 0 aliphatic rings. The molecule has 4 rings (SSSR count). The quantitative estimate of drug-likeness (QED) is 0.147. The molecule has 3 aromatic carbocycles. The number of thioether (sulfide) groups is 1. The maximum absolute atomic E-state index is 14.0. The van der Waals surface area contributed by atoms with E-state index in [4.69, 9.17) is 30.2 Å². The Balaban J connectivity index is 1.58. The van der Waals surface area contributed by atoms with Crippen LogP contribution in [0.1, 0.15) is 11.1 Å². The topological polar surface area (TPSA) is 104 Å². The number of benzene rings is 3. The van der Waals surface area contributed by atoms with Gasteiger partial charge in [0.25, 0.3) is 11.1 Å². The van der Waals surface area contributed by atoms with Crippen molar-refractivity contribution >= 4 is 51.3 Å². The minimum Gasteiger partial charge on any atom is -0.496 e. The van der Waals surface area contributed by atoms with Crippen LogP contribution >= 0.6 is 39.3 Å². The molecule has 4 aromatic rings. The zero-order chi connectivity index (χ0) is 27.2. The van der Waals surface area contributed by atoms with Gasteiger partial charge in [-0.15, -0.1) is 10.2 Å². The SMILES string of the molecule is COc1ccc(Cl)cc1-c1nnc(S/C(=C\c2cc(Br)c(OCc3ccccc3F)c(OC)c2)C(=O)O)o1. The maximum Gasteiger partial charge on any atom is 0.342 e. The largest absolute Gasteiger partial charge is 0.496 e. The third kappa shape index (κ3) is 6.47. The molecule has 38 heavy (non-hydrogen) atoms. The Bertz CT molecular complexity index is 1510. The normalized spacial score (nSPS) is 11.3. The van der Waals surface area contributed by atoms with Crippen molar-refractivity contribution in [3.8, 4) is 28.7 Å². The minimum atomic E-state index is -1.20. The van der Waals surface area contributed by atoms with Crippen LogP contribution in [0.25, 0.3) is 17.5 Å². The first kappa shape index (κ1) is 27.5. The smallest absolute Gasteiger partial charge is 0.342 e. The molecule has 0 bridgehead atoms. The van der Waals surface area contributed by atoms with Crippen molar-refractivity contribution in [2.75, 3.05) is 14.2 Å². The summed E-state index contributed by atoms with van der Waals surface area (Å²) < 4.78 is 36.7. The summed E-state index contributed by atoms with van der Waals surface area (Å²) in [4.78, 5) is 11.9. The first-order valence-corrected chi connectivity index (χ1v) is 12.8. The van der Waals surface area contributed by atoms with Crippen molar-refractivity contribution < 1.29 is 32.9 Å². The average molecular weight is 622 g/mol. The lowest BCUT2D eigenvalue weighted by Crippen LogP contribution is -2.01. The second-order valence-electron chi connectivity index (χ2n) is 7.55. The van der Waals surface area contributed by atoms with E-state index in [2.05, 4.69) is 26.1 Å². The van der Waals surface area contributed by atoms with Crippen molar-refractivity contribution in [2.24, 2.45) is 0 Å². The molecule has 0 saturated heterocycles. The van der Waals surface area contributed by atoms with Crippen LogP contribution in [-0.2, 0) is 11.4 Å². The third-order valence-electron chi connectivity index (χ3n) is 5.09. The number of rotatable bonds is 10. The fourth-order valence-electron chi connectivity index (χ4n) is 3.32. The molecular formula is C26H19BrClFN2O6S. The number of halogens is 3. The van der Waals surface area contributed by atoms with E-state index < -0.39 is 5.97 Å². The molecule has 0 fully saturated rings. The number of carbonyl (C=O) groups is 1. The van der Waals surface area contributed by atoms with Crippen molar-refractivity contribution in [2.45, 2.75) is 11.8 Å². The molecule has 1 heterocycles. The summed E-state index contributed by atoms with van der Waals surface area (Å²) in [6, 6.07) is 14.4. The van der Waals surface area contributed by atoms with Gasteiger partial charge in [-0.25, -0.2) is 9.18 Å². The molecular weight excluding hydrogens is 603 g/mol. The van der Waals surface area contributed by atoms with E-state index in [0.29, 0.717) is 43.4 Å². The maximum atomic E-state index is 14.0. The highest BCUT2D eigenvalue weighted by Gasteiger charge is 2.19. The molecule has 0 radical (unpaired) electrons. The molecule has 1 N–H and O–H groups in total. The van der Waals surface area contributed by atoms with Crippen LogP contribution in [0, 0.1) is 5.82 Å². The van der Waals surface area contributed by atoms with Gasteiger partial charge in [0.2, 0.25) is 0 Å². The van der Waals surface area contributed by atoms with Crippen LogP contribution in [0.2, 0.25) is 5.02 Å². The second kappa shape index (κ2) is 12.3. The van der Waals surface area contributed by atoms with Gasteiger partial charge in [0.05, 0.1) is 24.3 Å². The van der Waals surface area contributed by atoms with E-state index in [0.717, 1.165) is 11.8 Å². The molecule has 196 valence electrons. The Kier molecular flexibility index (Phi) is 8.93. The molecule has 0 aliphatic carbocycles. The molecule has 0 spiro atoms. The Morgan fingerprint density at radius 1 is 1.13 bits per heavy atom. The number of hydrogen-bond donors (Lipinski definition) is 1. The first-order chi connectivity index (χ1) is 18.3. The van der Waals surface area contributed by atoms with E-state index in [-0.39, 0.29) is 28.4 Å². The van der Waals surface area contributed by atoms with Gasteiger partial charge in [-0.05, 0) is 75.7 Å². The van der Waals surface area contributed by atoms with Gasteiger partial charge in [-0.1, -0.05) is 29.8 Å². The predicted octanol–water partition coefficient (Wildman–Crippen LogP) is 7.11. The Labute approximate surface area is 234 Å². The molecule has 12 heteroatoms. The highest BCUT2D eigenvalue weighted by atomic mass is 79.9. The Hall–Kier alpha value is -3.54. The monoisotopic (exact) mass is 620 g/mol. The van der Waals surface area contributed by atoms with Crippen LogP contribution in [-0.4, -0.2) is 35.5 Å². The van der Waals surface area contributed by atoms with Crippen LogP contribution in [0.4, 0.5) is 4.39 Å². The van der Waals surface area contributed by atoms with Gasteiger partial charge in [0.15, 0.2) is 11.5 Å². The fourth-order valence-corrected chi connectivity index (χ4v) is 4.74. The number of ether oxygens (including phenoxy) is 3. The van der Waals surface area contributed by atoms with E-state index in [1.807, 2.05) is 0 Å². The minimum absolute atomic E-state index is 0.00607. The van der Waals surface area contributed by atoms with Crippen molar-refractivity contribution in [1.82, 2.24) is 10.2 Å². The van der Waals surface area contributed by atoms with Crippen molar-refractivity contribution in [3.05, 3.63) is 85.9 Å². The van der Waals surface area contributed by atoms with Gasteiger partial charge >= 0.3 is 5.97 Å². The van der Waals surface area contributed by atoms with E-state index in [9.17, 15) is 14.3 Å². The average Bonchev–Trinajstić information content (AvgIpc) is 3.36. The van der Waals surface area contributed by atoms with Crippen molar-refractivity contribution in [3.63, 3.8) is 0 Å². The lowest BCUT2D eigenvalue weighted by molar-refractivity contribution is -0.131.